The summed E-state index contributed by atoms with van der Waals surface area (Å²) in [6, 6.07) is 7.50. The first-order chi connectivity index (χ1) is 15.0. The number of methoxy groups -OCH3 is 1. The molecule has 0 saturated heterocycles. The minimum absolute atomic E-state index is 0.0235. The first-order valence-corrected chi connectivity index (χ1v) is 10.2. The normalized spacial score (nSPS) is 15.6. The first-order valence-electron chi connectivity index (χ1n) is 10.2. The highest BCUT2D eigenvalue weighted by atomic mass is 19.2. The number of aliphatic imine (C=N–C) groups is 1. The monoisotopic (exact) mass is 422 g/mol. The molecule has 31 heavy (non-hydrogen) atoms. The molecule has 1 aliphatic rings. The highest BCUT2D eigenvalue weighted by Crippen LogP contribution is 2.36. The summed E-state index contributed by atoms with van der Waals surface area (Å²) >= 11 is 0. The summed E-state index contributed by atoms with van der Waals surface area (Å²) in [5.41, 5.74) is 1.89. The van der Waals surface area contributed by atoms with Crippen LogP contribution in [0.25, 0.3) is 22.0 Å². The van der Waals surface area contributed by atoms with E-state index in [-0.39, 0.29) is 5.92 Å². The largest absolute Gasteiger partial charge is 0.494 e. The summed E-state index contributed by atoms with van der Waals surface area (Å²) in [7, 11) is 1.57. The third-order valence-electron chi connectivity index (χ3n) is 5.11. The Bertz CT molecular complexity index is 1170. The Morgan fingerprint density at radius 3 is 2.61 bits per heavy atom. The van der Waals surface area contributed by atoms with E-state index in [1.165, 1.54) is 6.07 Å². The van der Waals surface area contributed by atoms with E-state index in [1.54, 1.807) is 25.4 Å². The van der Waals surface area contributed by atoms with Crippen LogP contribution in [0.15, 0.2) is 47.6 Å². The molecule has 0 amide bonds. The maximum atomic E-state index is 13.8. The van der Waals surface area contributed by atoms with Crippen LogP contribution in [0.3, 0.4) is 0 Å². The Balaban J connectivity index is 1.90. The molecular formula is C24H24F2N4O. The molecule has 0 fully saturated rings. The van der Waals surface area contributed by atoms with E-state index in [0.29, 0.717) is 40.0 Å². The zero-order valence-electron chi connectivity index (χ0n) is 17.7. The fourth-order valence-electron chi connectivity index (χ4n) is 3.47. The summed E-state index contributed by atoms with van der Waals surface area (Å²) < 4.78 is 32.9. The molecule has 2 heterocycles. The van der Waals surface area contributed by atoms with Crippen LogP contribution in [-0.4, -0.2) is 29.8 Å². The van der Waals surface area contributed by atoms with Gasteiger partial charge in [0.25, 0.3) is 0 Å². The minimum atomic E-state index is -0.897. The van der Waals surface area contributed by atoms with Crippen molar-refractivity contribution >= 4 is 22.9 Å². The van der Waals surface area contributed by atoms with E-state index in [0.717, 1.165) is 24.4 Å². The lowest BCUT2D eigenvalue weighted by Crippen LogP contribution is -2.14. The zero-order valence-corrected chi connectivity index (χ0v) is 17.7. The second-order valence-corrected chi connectivity index (χ2v) is 7.93. The molecular weight excluding hydrogens is 398 g/mol. The fourth-order valence-corrected chi connectivity index (χ4v) is 3.47. The van der Waals surface area contributed by atoms with Crippen LogP contribution >= 0.6 is 0 Å². The van der Waals surface area contributed by atoms with Gasteiger partial charge in [0, 0.05) is 24.3 Å². The number of ether oxygens (including phenoxy) is 1. The Hall–Kier alpha value is -3.35. The highest BCUT2D eigenvalue weighted by molar-refractivity contribution is 5.97. The maximum Gasteiger partial charge on any atom is 0.159 e. The molecule has 1 unspecified atom stereocenters. The first kappa shape index (κ1) is 20.9. The number of nitrogens with zero attached hydrogens (tertiary/aromatic N) is 3. The second kappa shape index (κ2) is 8.79. The number of fused-ring (bicyclic) bond motifs is 1. The van der Waals surface area contributed by atoms with E-state index in [2.05, 4.69) is 24.2 Å². The van der Waals surface area contributed by atoms with Crippen molar-refractivity contribution < 1.29 is 13.5 Å². The summed E-state index contributed by atoms with van der Waals surface area (Å²) in [6.45, 7) is 4.95. The average Bonchev–Trinajstić information content (AvgIpc) is 2.78. The number of hydrogen-bond acceptors (Lipinski definition) is 5. The Labute approximate surface area is 179 Å². The van der Waals surface area contributed by atoms with Gasteiger partial charge in [-0.3, -0.25) is 4.99 Å². The van der Waals surface area contributed by atoms with Gasteiger partial charge in [-0.1, -0.05) is 26.0 Å². The van der Waals surface area contributed by atoms with Gasteiger partial charge in [-0.2, -0.15) is 0 Å². The van der Waals surface area contributed by atoms with Crippen molar-refractivity contribution in [3.63, 3.8) is 0 Å². The van der Waals surface area contributed by atoms with E-state index in [4.69, 9.17) is 14.7 Å². The number of anilines is 1. The van der Waals surface area contributed by atoms with Crippen LogP contribution in [-0.2, 0) is 0 Å². The molecule has 0 saturated carbocycles. The number of allylic oxidation sites excluding steroid dienone is 1. The number of nitrogens with one attached hydrogen (secondary N) is 1. The van der Waals surface area contributed by atoms with Crippen LogP contribution in [0.2, 0.25) is 0 Å². The predicted molar refractivity (Wildman–Crippen MR) is 120 cm³/mol. The molecule has 0 spiro atoms. The van der Waals surface area contributed by atoms with Gasteiger partial charge in [0.1, 0.15) is 22.9 Å². The van der Waals surface area contributed by atoms with E-state index < -0.39 is 11.6 Å². The van der Waals surface area contributed by atoms with E-state index >= 15 is 0 Å². The van der Waals surface area contributed by atoms with E-state index in [1.807, 2.05) is 18.4 Å². The minimum Gasteiger partial charge on any atom is -0.494 e. The lowest BCUT2D eigenvalue weighted by Gasteiger charge is -2.18. The molecule has 4 rings (SSSR count). The van der Waals surface area contributed by atoms with Crippen molar-refractivity contribution in [3.8, 4) is 16.9 Å². The Morgan fingerprint density at radius 1 is 1.10 bits per heavy atom. The second-order valence-electron chi connectivity index (χ2n) is 7.93. The van der Waals surface area contributed by atoms with Crippen molar-refractivity contribution in [2.24, 2.45) is 10.9 Å². The molecule has 3 aromatic rings. The van der Waals surface area contributed by atoms with Crippen molar-refractivity contribution in [2.45, 2.75) is 26.2 Å². The number of benzene rings is 2. The van der Waals surface area contributed by atoms with Crippen LogP contribution in [0.1, 0.15) is 32.0 Å². The zero-order chi connectivity index (χ0) is 22.0. The van der Waals surface area contributed by atoms with Gasteiger partial charge in [0.15, 0.2) is 11.6 Å². The molecule has 1 aliphatic heterocycles. The van der Waals surface area contributed by atoms with Gasteiger partial charge in [-0.25, -0.2) is 18.7 Å². The Kier molecular flexibility index (Phi) is 5.93. The number of hydrogen-bond donors (Lipinski definition) is 1. The van der Waals surface area contributed by atoms with Gasteiger partial charge in [0.05, 0.1) is 13.0 Å². The summed E-state index contributed by atoms with van der Waals surface area (Å²) in [6.07, 6.45) is 6.37. The van der Waals surface area contributed by atoms with Gasteiger partial charge in [-0.15, -0.1) is 0 Å². The molecule has 5 nitrogen and oxygen atoms in total. The van der Waals surface area contributed by atoms with E-state index in [9.17, 15) is 8.78 Å². The standard InChI is InChI=1S/C24H24F2N4O/c1-14(2)12-28-24-18-9-17(15-6-7-19(25)20(26)10-15)11-21(31-3)22(18)29-23(30-24)16-5-4-8-27-13-16/h4,6-11,13-14,16H,5,12H2,1-3H3,(H,28,29,30). The predicted octanol–water partition coefficient (Wildman–Crippen LogP) is 5.72. The molecule has 2 aromatic carbocycles. The van der Waals surface area contributed by atoms with Crippen LogP contribution < -0.4 is 10.1 Å². The molecule has 160 valence electrons. The third kappa shape index (κ3) is 4.40. The average molecular weight is 422 g/mol. The Morgan fingerprint density at radius 2 is 1.94 bits per heavy atom. The molecule has 1 aromatic heterocycles. The summed E-state index contributed by atoms with van der Waals surface area (Å²) in [5, 5.41) is 4.17. The molecule has 1 N–H and O–H groups in total. The van der Waals surface area contributed by atoms with Gasteiger partial charge in [0.2, 0.25) is 0 Å². The van der Waals surface area contributed by atoms with Crippen LogP contribution in [0.4, 0.5) is 14.6 Å². The SMILES string of the molecule is COc1cc(-c2ccc(F)c(F)c2)cc2c(NCC(C)C)nc(C3C=NC=CC3)nc12. The molecule has 1 atom stereocenters. The van der Waals surface area contributed by atoms with Crippen molar-refractivity contribution in [3.05, 3.63) is 60.1 Å². The third-order valence-corrected chi connectivity index (χ3v) is 5.11. The summed E-state index contributed by atoms with van der Waals surface area (Å²) in [4.78, 5) is 13.8. The lowest BCUT2D eigenvalue weighted by atomic mass is 10.0. The topological polar surface area (TPSA) is 59.4 Å². The molecule has 0 aliphatic carbocycles. The molecule has 0 bridgehead atoms. The number of aromatic nitrogens is 2. The van der Waals surface area contributed by atoms with Crippen molar-refractivity contribution in [1.82, 2.24) is 9.97 Å². The molecule has 7 heteroatoms. The summed E-state index contributed by atoms with van der Waals surface area (Å²) in [5.74, 6) is 0.480. The molecule has 0 radical (unpaired) electrons. The van der Waals surface area contributed by atoms with Gasteiger partial charge >= 0.3 is 0 Å². The number of halogens is 2. The smallest absolute Gasteiger partial charge is 0.159 e. The van der Waals surface area contributed by atoms with Crippen LogP contribution in [0, 0.1) is 17.6 Å². The van der Waals surface area contributed by atoms with Crippen molar-refractivity contribution in [1.29, 1.82) is 0 Å². The van der Waals surface area contributed by atoms with Gasteiger partial charge < -0.3 is 10.1 Å². The highest BCUT2D eigenvalue weighted by Gasteiger charge is 2.20. The van der Waals surface area contributed by atoms with Crippen molar-refractivity contribution in [2.75, 3.05) is 19.0 Å². The fraction of sp³-hybridized carbons (Fsp3) is 0.292. The number of rotatable bonds is 6. The lowest BCUT2D eigenvalue weighted by molar-refractivity contribution is 0.419. The quantitative estimate of drug-likeness (QED) is 0.552. The van der Waals surface area contributed by atoms with Gasteiger partial charge in [-0.05, 0) is 47.7 Å². The maximum absolute atomic E-state index is 13.8. The van der Waals surface area contributed by atoms with Crippen LogP contribution in [0.5, 0.6) is 5.75 Å².